The van der Waals surface area contributed by atoms with Crippen molar-refractivity contribution in [1.29, 1.82) is 0 Å². The zero-order valence-electron chi connectivity index (χ0n) is 12.5. The van der Waals surface area contributed by atoms with Gasteiger partial charge in [0.2, 0.25) is 0 Å². The Balaban J connectivity index is 1.89. The van der Waals surface area contributed by atoms with Crippen LogP contribution < -0.4 is 16.2 Å². The molecule has 112 valence electrons. The summed E-state index contributed by atoms with van der Waals surface area (Å²) in [4.78, 5) is 0. The summed E-state index contributed by atoms with van der Waals surface area (Å²) in [6.45, 7) is 6.58. The van der Waals surface area contributed by atoms with Crippen LogP contribution in [0.2, 0.25) is 5.02 Å². The summed E-state index contributed by atoms with van der Waals surface area (Å²) in [6, 6.07) is 7.39. The Hall–Kier alpha value is -1.52. The van der Waals surface area contributed by atoms with Crippen LogP contribution in [0.25, 0.3) is 0 Å². The Labute approximate surface area is 136 Å². The van der Waals surface area contributed by atoms with Gasteiger partial charge in [-0.1, -0.05) is 37.1 Å². The first-order chi connectivity index (χ1) is 9.84. The highest BCUT2D eigenvalue weighted by atomic mass is 35.5. The summed E-state index contributed by atoms with van der Waals surface area (Å²) in [6.07, 6.45) is 5.41. The molecule has 0 atom stereocenters. The van der Waals surface area contributed by atoms with Gasteiger partial charge < -0.3 is 5.32 Å². The van der Waals surface area contributed by atoms with E-state index in [1.807, 2.05) is 24.3 Å². The van der Waals surface area contributed by atoms with Gasteiger partial charge in [0.05, 0.1) is 5.70 Å². The Kier molecular flexibility index (Phi) is 4.91. The van der Waals surface area contributed by atoms with Crippen molar-refractivity contribution in [3.63, 3.8) is 0 Å². The fraction of sp³-hybridized carbons (Fsp3) is 0.312. The second kappa shape index (κ2) is 6.50. The summed E-state index contributed by atoms with van der Waals surface area (Å²) in [7, 11) is 0. The molecular weight excluding hydrogens is 302 g/mol. The first-order valence-corrected chi connectivity index (χ1v) is 7.61. The van der Waals surface area contributed by atoms with Gasteiger partial charge in [0, 0.05) is 10.7 Å². The predicted molar refractivity (Wildman–Crippen MR) is 94.2 cm³/mol. The lowest BCUT2D eigenvalue weighted by atomic mass is 9.82. The van der Waals surface area contributed by atoms with Crippen LogP contribution in [0.5, 0.6) is 0 Å². The van der Waals surface area contributed by atoms with Crippen LogP contribution >= 0.6 is 23.8 Å². The van der Waals surface area contributed by atoms with Crippen molar-refractivity contribution in [2.45, 2.75) is 27.2 Å². The van der Waals surface area contributed by atoms with Gasteiger partial charge in [-0.2, -0.15) is 0 Å². The molecule has 3 nitrogen and oxygen atoms in total. The highest BCUT2D eigenvalue weighted by Crippen LogP contribution is 2.31. The molecule has 1 aliphatic carbocycles. The molecular formula is C16H20ClN3S. The van der Waals surface area contributed by atoms with Gasteiger partial charge in [-0.15, -0.1) is 0 Å². The third kappa shape index (κ3) is 5.06. The van der Waals surface area contributed by atoms with Gasteiger partial charge in [-0.05, 0) is 61.3 Å². The average molecular weight is 322 g/mol. The van der Waals surface area contributed by atoms with Crippen molar-refractivity contribution in [2.24, 2.45) is 5.41 Å². The maximum absolute atomic E-state index is 5.85. The first-order valence-electron chi connectivity index (χ1n) is 6.83. The van der Waals surface area contributed by atoms with Crippen LogP contribution in [0.3, 0.4) is 0 Å². The lowest BCUT2D eigenvalue weighted by Crippen LogP contribution is -2.40. The molecule has 2 rings (SSSR count). The topological polar surface area (TPSA) is 36.1 Å². The van der Waals surface area contributed by atoms with Crippen molar-refractivity contribution in [2.75, 3.05) is 5.32 Å². The van der Waals surface area contributed by atoms with Crippen molar-refractivity contribution >= 4 is 34.6 Å². The standard InChI is InChI=1S/C16H20ClN3S/c1-11-8-14(10-16(2,3)9-11)19-20-15(21)18-13-6-4-12(17)5-7-13/h4-8,10,19H,9H2,1-3H3,(H2,18,20,21). The van der Waals surface area contributed by atoms with Gasteiger partial charge >= 0.3 is 0 Å². The Morgan fingerprint density at radius 3 is 2.52 bits per heavy atom. The minimum Gasteiger partial charge on any atom is -0.331 e. The number of allylic oxidation sites excluding steroid dienone is 3. The zero-order valence-corrected chi connectivity index (χ0v) is 14.0. The smallest absolute Gasteiger partial charge is 0.189 e. The lowest BCUT2D eigenvalue weighted by molar-refractivity contribution is 0.460. The maximum atomic E-state index is 5.85. The van der Waals surface area contributed by atoms with E-state index in [0.29, 0.717) is 10.1 Å². The van der Waals surface area contributed by atoms with E-state index in [4.69, 9.17) is 23.8 Å². The number of hydrazine groups is 1. The number of anilines is 1. The van der Waals surface area contributed by atoms with Crippen molar-refractivity contribution < 1.29 is 0 Å². The summed E-state index contributed by atoms with van der Waals surface area (Å²) < 4.78 is 0. The molecule has 0 fully saturated rings. The van der Waals surface area contributed by atoms with Crippen LogP contribution in [-0.2, 0) is 0 Å². The third-order valence-electron chi connectivity index (χ3n) is 3.11. The van der Waals surface area contributed by atoms with E-state index in [-0.39, 0.29) is 5.41 Å². The molecule has 0 spiro atoms. The fourth-order valence-electron chi connectivity index (χ4n) is 2.45. The minimum absolute atomic E-state index is 0.161. The largest absolute Gasteiger partial charge is 0.331 e. The van der Waals surface area contributed by atoms with Gasteiger partial charge in [-0.3, -0.25) is 10.9 Å². The molecule has 0 unspecified atom stereocenters. The summed E-state index contributed by atoms with van der Waals surface area (Å²) in [5.41, 5.74) is 9.58. The van der Waals surface area contributed by atoms with Crippen LogP contribution in [0.15, 0.2) is 47.7 Å². The van der Waals surface area contributed by atoms with E-state index < -0.39 is 0 Å². The SMILES string of the molecule is CC1=CC(NNC(=S)Nc2ccc(Cl)cc2)=CC(C)(C)C1. The van der Waals surface area contributed by atoms with Crippen molar-refractivity contribution in [3.05, 3.63) is 52.7 Å². The molecule has 3 N–H and O–H groups in total. The molecule has 0 bridgehead atoms. The number of nitrogens with one attached hydrogen (secondary N) is 3. The van der Waals surface area contributed by atoms with Gasteiger partial charge in [0.15, 0.2) is 5.11 Å². The van der Waals surface area contributed by atoms with E-state index in [1.54, 1.807) is 0 Å². The van der Waals surface area contributed by atoms with Crippen molar-refractivity contribution in [1.82, 2.24) is 10.9 Å². The van der Waals surface area contributed by atoms with E-state index in [2.05, 4.69) is 49.1 Å². The molecule has 0 aromatic heterocycles. The molecule has 1 aromatic carbocycles. The normalized spacial score (nSPS) is 16.6. The minimum atomic E-state index is 0.161. The molecule has 0 saturated heterocycles. The molecule has 21 heavy (non-hydrogen) atoms. The summed E-state index contributed by atoms with van der Waals surface area (Å²) in [5, 5.41) is 4.30. The monoisotopic (exact) mass is 321 g/mol. The number of halogens is 1. The molecule has 0 amide bonds. The lowest BCUT2D eigenvalue weighted by Gasteiger charge is -2.27. The highest BCUT2D eigenvalue weighted by Gasteiger charge is 2.20. The quantitative estimate of drug-likeness (QED) is 0.570. The van der Waals surface area contributed by atoms with E-state index >= 15 is 0 Å². The number of thiocarbonyl (C=S) groups is 1. The van der Waals surface area contributed by atoms with Crippen LogP contribution in [0.1, 0.15) is 27.2 Å². The van der Waals surface area contributed by atoms with Crippen LogP contribution in [0.4, 0.5) is 5.69 Å². The first kappa shape index (κ1) is 15.9. The molecule has 1 aliphatic rings. The number of benzene rings is 1. The van der Waals surface area contributed by atoms with E-state index in [9.17, 15) is 0 Å². The zero-order chi connectivity index (χ0) is 15.5. The second-order valence-electron chi connectivity index (χ2n) is 5.97. The van der Waals surface area contributed by atoms with Crippen LogP contribution in [0, 0.1) is 5.41 Å². The molecule has 0 saturated carbocycles. The van der Waals surface area contributed by atoms with Gasteiger partial charge in [0.25, 0.3) is 0 Å². The Morgan fingerprint density at radius 2 is 1.90 bits per heavy atom. The number of hydrogen-bond donors (Lipinski definition) is 3. The molecule has 5 heteroatoms. The van der Waals surface area contributed by atoms with Crippen molar-refractivity contribution in [3.8, 4) is 0 Å². The second-order valence-corrected chi connectivity index (χ2v) is 6.81. The predicted octanol–water partition coefficient (Wildman–Crippen LogP) is 4.39. The van der Waals surface area contributed by atoms with Crippen LogP contribution in [-0.4, -0.2) is 5.11 Å². The van der Waals surface area contributed by atoms with Gasteiger partial charge in [-0.25, -0.2) is 0 Å². The summed E-state index contributed by atoms with van der Waals surface area (Å²) in [5.74, 6) is 0. The fourth-order valence-corrected chi connectivity index (χ4v) is 2.74. The molecule has 1 aromatic rings. The maximum Gasteiger partial charge on any atom is 0.189 e. The van der Waals surface area contributed by atoms with Gasteiger partial charge in [0.1, 0.15) is 0 Å². The van der Waals surface area contributed by atoms with E-state index in [0.717, 1.165) is 17.8 Å². The molecule has 0 heterocycles. The van der Waals surface area contributed by atoms with E-state index in [1.165, 1.54) is 5.57 Å². The highest BCUT2D eigenvalue weighted by molar-refractivity contribution is 7.80. The Morgan fingerprint density at radius 1 is 1.24 bits per heavy atom. The third-order valence-corrected chi connectivity index (χ3v) is 3.56. The molecule has 0 aliphatic heterocycles. The average Bonchev–Trinajstić information content (AvgIpc) is 2.37. The number of rotatable bonds is 3. The summed E-state index contributed by atoms with van der Waals surface area (Å²) >= 11 is 11.1. The number of hydrogen-bond acceptors (Lipinski definition) is 2. The Bertz CT molecular complexity index is 588. The molecule has 0 radical (unpaired) electrons.